The number of hydrogen-bond acceptors (Lipinski definition) is 2. The van der Waals surface area contributed by atoms with Crippen LogP contribution >= 0.6 is 27.3 Å². The lowest BCUT2D eigenvalue weighted by molar-refractivity contribution is -0.124. The Kier molecular flexibility index (Phi) is 5.32. The Bertz CT molecular complexity index is 324. The maximum absolute atomic E-state index is 11.6. The number of rotatable bonds is 5. The molecule has 0 saturated carbocycles. The fourth-order valence-corrected chi connectivity index (χ4v) is 2.75. The fourth-order valence-electron chi connectivity index (χ4n) is 1.36. The molecule has 15 heavy (non-hydrogen) atoms. The first kappa shape index (κ1) is 12.7. The van der Waals surface area contributed by atoms with E-state index in [2.05, 4.69) is 28.2 Å². The summed E-state index contributed by atoms with van der Waals surface area (Å²) in [5.74, 6) is 0.278. The normalized spacial score (nSPS) is 12.5. The van der Waals surface area contributed by atoms with E-state index in [1.807, 2.05) is 18.4 Å². The Labute approximate surface area is 103 Å². The van der Waals surface area contributed by atoms with E-state index in [9.17, 15) is 4.79 Å². The number of hydrogen-bond donors (Lipinski definition) is 1. The molecule has 0 aliphatic heterocycles. The van der Waals surface area contributed by atoms with Crippen molar-refractivity contribution >= 4 is 33.2 Å². The van der Waals surface area contributed by atoms with Gasteiger partial charge in [-0.25, -0.2) is 0 Å². The molecular weight excluding hydrogens is 274 g/mol. The second kappa shape index (κ2) is 6.28. The lowest BCUT2D eigenvalue weighted by atomic mass is 10.1. The smallest absolute Gasteiger partial charge is 0.223 e. The molecule has 84 valence electrons. The van der Waals surface area contributed by atoms with Gasteiger partial charge >= 0.3 is 0 Å². The average Bonchev–Trinajstić information content (AvgIpc) is 2.61. The van der Waals surface area contributed by atoms with Crippen LogP contribution in [0.3, 0.4) is 0 Å². The van der Waals surface area contributed by atoms with Gasteiger partial charge in [-0.15, -0.1) is 11.3 Å². The summed E-state index contributed by atoms with van der Waals surface area (Å²) in [5, 5.41) is 4.97. The van der Waals surface area contributed by atoms with E-state index in [-0.39, 0.29) is 11.8 Å². The molecule has 0 aromatic carbocycles. The second-order valence-electron chi connectivity index (χ2n) is 3.64. The quantitative estimate of drug-likeness (QED) is 0.882. The molecule has 1 atom stereocenters. The molecule has 1 N–H and O–H groups in total. The van der Waals surface area contributed by atoms with Gasteiger partial charge < -0.3 is 5.32 Å². The van der Waals surface area contributed by atoms with Crippen LogP contribution in [0.5, 0.6) is 0 Å². The predicted molar refractivity (Wildman–Crippen MR) is 67.9 cm³/mol. The number of thiophene rings is 1. The number of halogens is 1. The Morgan fingerprint density at radius 1 is 1.67 bits per heavy atom. The molecule has 0 spiro atoms. The van der Waals surface area contributed by atoms with Gasteiger partial charge in [-0.1, -0.05) is 20.3 Å². The third-order valence-corrected chi connectivity index (χ3v) is 3.93. The van der Waals surface area contributed by atoms with Crippen molar-refractivity contribution in [3.8, 4) is 0 Å². The first-order chi connectivity index (χ1) is 7.13. The summed E-state index contributed by atoms with van der Waals surface area (Å²) >= 11 is 5.05. The standard InChI is InChI=1S/C11H16BrNOS/c1-3-4-8(2)11(14)13-6-10-5-9(12)7-15-10/h5,7-8H,3-4,6H2,1-2H3,(H,13,14). The van der Waals surface area contributed by atoms with Crippen LogP contribution in [0.1, 0.15) is 31.6 Å². The van der Waals surface area contributed by atoms with Gasteiger partial charge in [-0.05, 0) is 28.4 Å². The minimum atomic E-state index is 0.124. The first-order valence-electron chi connectivity index (χ1n) is 5.14. The van der Waals surface area contributed by atoms with Gasteiger partial charge in [0.2, 0.25) is 5.91 Å². The second-order valence-corrected chi connectivity index (χ2v) is 5.55. The number of carbonyl (C=O) groups excluding carboxylic acids is 1. The van der Waals surface area contributed by atoms with Gasteiger partial charge in [0.05, 0.1) is 6.54 Å². The van der Waals surface area contributed by atoms with Crippen molar-refractivity contribution in [2.24, 2.45) is 5.92 Å². The summed E-state index contributed by atoms with van der Waals surface area (Å²) in [7, 11) is 0. The SMILES string of the molecule is CCCC(C)C(=O)NCc1cc(Br)cs1. The highest BCUT2D eigenvalue weighted by atomic mass is 79.9. The Balaban J connectivity index is 2.34. The van der Waals surface area contributed by atoms with Crippen LogP contribution in [0, 0.1) is 5.92 Å². The summed E-state index contributed by atoms with van der Waals surface area (Å²) in [4.78, 5) is 12.8. The van der Waals surface area contributed by atoms with Gasteiger partial charge in [0, 0.05) is 20.6 Å². The van der Waals surface area contributed by atoms with Crippen molar-refractivity contribution in [2.45, 2.75) is 33.2 Å². The fraction of sp³-hybridized carbons (Fsp3) is 0.545. The predicted octanol–water partition coefficient (Wildman–Crippen LogP) is 3.56. The van der Waals surface area contributed by atoms with Crippen molar-refractivity contribution in [1.29, 1.82) is 0 Å². The highest BCUT2D eigenvalue weighted by molar-refractivity contribution is 9.10. The van der Waals surface area contributed by atoms with E-state index >= 15 is 0 Å². The zero-order valence-electron chi connectivity index (χ0n) is 9.05. The molecule has 0 radical (unpaired) electrons. The van der Waals surface area contributed by atoms with Gasteiger partial charge in [-0.3, -0.25) is 4.79 Å². The zero-order valence-corrected chi connectivity index (χ0v) is 11.5. The van der Waals surface area contributed by atoms with Gasteiger partial charge in [-0.2, -0.15) is 0 Å². The number of amides is 1. The van der Waals surface area contributed by atoms with E-state index in [0.29, 0.717) is 6.54 Å². The monoisotopic (exact) mass is 289 g/mol. The summed E-state index contributed by atoms with van der Waals surface area (Å²) in [6, 6.07) is 2.04. The van der Waals surface area contributed by atoms with E-state index in [1.54, 1.807) is 11.3 Å². The molecule has 1 rings (SSSR count). The van der Waals surface area contributed by atoms with Crippen LogP contribution in [-0.4, -0.2) is 5.91 Å². The number of nitrogens with one attached hydrogen (secondary N) is 1. The summed E-state index contributed by atoms with van der Waals surface area (Å²) in [6.45, 7) is 4.71. The molecule has 1 heterocycles. The third kappa shape index (κ3) is 4.34. The van der Waals surface area contributed by atoms with Crippen LogP contribution < -0.4 is 5.32 Å². The average molecular weight is 290 g/mol. The summed E-state index contributed by atoms with van der Waals surface area (Å²) in [6.07, 6.45) is 2.01. The molecule has 0 aliphatic rings. The van der Waals surface area contributed by atoms with E-state index < -0.39 is 0 Å². The summed E-state index contributed by atoms with van der Waals surface area (Å²) in [5.41, 5.74) is 0. The summed E-state index contributed by atoms with van der Waals surface area (Å²) < 4.78 is 1.08. The Morgan fingerprint density at radius 2 is 2.40 bits per heavy atom. The van der Waals surface area contributed by atoms with Crippen LogP contribution in [0.15, 0.2) is 15.9 Å². The van der Waals surface area contributed by atoms with E-state index in [1.165, 1.54) is 4.88 Å². The van der Waals surface area contributed by atoms with Crippen molar-refractivity contribution in [3.63, 3.8) is 0 Å². The molecule has 1 unspecified atom stereocenters. The molecule has 1 aromatic rings. The molecular formula is C11H16BrNOS. The third-order valence-electron chi connectivity index (χ3n) is 2.23. The van der Waals surface area contributed by atoms with Crippen molar-refractivity contribution in [1.82, 2.24) is 5.32 Å². The maximum Gasteiger partial charge on any atom is 0.223 e. The largest absolute Gasteiger partial charge is 0.351 e. The zero-order chi connectivity index (χ0) is 11.3. The lowest BCUT2D eigenvalue weighted by Gasteiger charge is -2.09. The minimum Gasteiger partial charge on any atom is -0.351 e. The van der Waals surface area contributed by atoms with Crippen molar-refractivity contribution < 1.29 is 4.79 Å². The molecule has 1 aromatic heterocycles. The van der Waals surface area contributed by atoms with Gasteiger partial charge in [0.25, 0.3) is 0 Å². The van der Waals surface area contributed by atoms with Crippen LogP contribution in [0.2, 0.25) is 0 Å². The van der Waals surface area contributed by atoms with Crippen LogP contribution in [0.25, 0.3) is 0 Å². The minimum absolute atomic E-state index is 0.124. The molecule has 4 heteroatoms. The van der Waals surface area contributed by atoms with Crippen LogP contribution in [0.4, 0.5) is 0 Å². The molecule has 0 fully saturated rings. The molecule has 1 amide bonds. The van der Waals surface area contributed by atoms with Crippen molar-refractivity contribution in [2.75, 3.05) is 0 Å². The molecule has 0 bridgehead atoms. The van der Waals surface area contributed by atoms with E-state index in [4.69, 9.17) is 0 Å². The topological polar surface area (TPSA) is 29.1 Å². The van der Waals surface area contributed by atoms with Gasteiger partial charge in [0.1, 0.15) is 0 Å². The molecule has 0 saturated heterocycles. The Hall–Kier alpha value is -0.350. The highest BCUT2D eigenvalue weighted by Gasteiger charge is 2.11. The highest BCUT2D eigenvalue weighted by Crippen LogP contribution is 2.19. The van der Waals surface area contributed by atoms with E-state index in [0.717, 1.165) is 17.3 Å². The van der Waals surface area contributed by atoms with Crippen molar-refractivity contribution in [3.05, 3.63) is 20.8 Å². The first-order valence-corrected chi connectivity index (χ1v) is 6.81. The molecule has 0 aliphatic carbocycles. The lowest BCUT2D eigenvalue weighted by Crippen LogP contribution is -2.28. The van der Waals surface area contributed by atoms with Gasteiger partial charge in [0.15, 0.2) is 0 Å². The molecule has 2 nitrogen and oxygen atoms in total. The number of carbonyl (C=O) groups is 1. The maximum atomic E-state index is 11.6. The Morgan fingerprint density at radius 3 is 2.93 bits per heavy atom. The van der Waals surface area contributed by atoms with Crippen LogP contribution in [-0.2, 0) is 11.3 Å².